The molecule has 0 aromatic rings. The van der Waals surface area contributed by atoms with E-state index in [-0.39, 0.29) is 0 Å². The second kappa shape index (κ2) is 6.79. The minimum absolute atomic E-state index is 0.427. The summed E-state index contributed by atoms with van der Waals surface area (Å²) in [5.74, 6) is 1.09. The second-order valence-corrected chi connectivity index (χ2v) is 7.07. The molecule has 1 unspecified atom stereocenters. The van der Waals surface area contributed by atoms with Crippen LogP contribution in [0.25, 0.3) is 0 Å². The van der Waals surface area contributed by atoms with Crippen molar-refractivity contribution in [2.24, 2.45) is 10.4 Å². The Morgan fingerprint density at radius 1 is 1.25 bits per heavy atom. The highest BCUT2D eigenvalue weighted by Crippen LogP contribution is 2.28. The third kappa shape index (κ3) is 3.87. The molecular weight excluding hydrogens is 248 g/mol. The van der Waals surface area contributed by atoms with Crippen molar-refractivity contribution in [3.8, 4) is 0 Å². The van der Waals surface area contributed by atoms with Gasteiger partial charge in [-0.15, -0.1) is 0 Å². The van der Waals surface area contributed by atoms with Crippen LogP contribution in [0.4, 0.5) is 0 Å². The predicted octanol–water partition coefficient (Wildman–Crippen LogP) is 2.17. The van der Waals surface area contributed by atoms with Crippen LogP contribution in [0, 0.1) is 5.41 Å². The van der Waals surface area contributed by atoms with Gasteiger partial charge in [0.15, 0.2) is 5.96 Å². The molecule has 1 N–H and O–H groups in total. The highest BCUT2D eigenvalue weighted by atomic mass is 15.3. The maximum absolute atomic E-state index is 4.48. The van der Waals surface area contributed by atoms with E-state index >= 15 is 0 Å². The third-order valence-electron chi connectivity index (χ3n) is 4.81. The van der Waals surface area contributed by atoms with Gasteiger partial charge in [0, 0.05) is 32.7 Å². The van der Waals surface area contributed by atoms with E-state index in [9.17, 15) is 0 Å². The topological polar surface area (TPSA) is 30.9 Å². The fraction of sp³-hybridized carbons (Fsp3) is 0.938. The second-order valence-electron chi connectivity index (χ2n) is 7.07. The quantitative estimate of drug-likeness (QED) is 0.632. The molecule has 4 nitrogen and oxygen atoms in total. The maximum atomic E-state index is 4.48. The zero-order valence-electron chi connectivity index (χ0n) is 13.8. The van der Waals surface area contributed by atoms with Crippen molar-refractivity contribution in [1.29, 1.82) is 0 Å². The highest BCUT2D eigenvalue weighted by Gasteiger charge is 2.31. The molecule has 2 fully saturated rings. The molecule has 2 heterocycles. The molecule has 0 amide bonds. The molecule has 4 heteroatoms. The van der Waals surface area contributed by atoms with Gasteiger partial charge in [-0.2, -0.15) is 0 Å². The number of nitrogens with zero attached hydrogens (tertiary/aromatic N) is 3. The Morgan fingerprint density at radius 2 is 1.95 bits per heavy atom. The van der Waals surface area contributed by atoms with Gasteiger partial charge in [-0.25, -0.2) is 0 Å². The third-order valence-corrected chi connectivity index (χ3v) is 4.81. The van der Waals surface area contributed by atoms with Gasteiger partial charge in [0.25, 0.3) is 0 Å². The summed E-state index contributed by atoms with van der Waals surface area (Å²) in [4.78, 5) is 9.53. The van der Waals surface area contributed by atoms with E-state index in [1.54, 1.807) is 0 Å². The van der Waals surface area contributed by atoms with E-state index < -0.39 is 0 Å². The summed E-state index contributed by atoms with van der Waals surface area (Å²) in [6.07, 6.45) is 5.21. The van der Waals surface area contributed by atoms with Crippen molar-refractivity contribution in [1.82, 2.24) is 15.1 Å². The number of nitrogens with one attached hydrogen (secondary N) is 1. The molecule has 2 rings (SSSR count). The monoisotopic (exact) mass is 280 g/mol. The minimum Gasteiger partial charge on any atom is -0.355 e. The van der Waals surface area contributed by atoms with Crippen LogP contribution < -0.4 is 5.32 Å². The van der Waals surface area contributed by atoms with Gasteiger partial charge in [0.1, 0.15) is 0 Å². The summed E-state index contributed by atoms with van der Waals surface area (Å²) in [6.45, 7) is 12.8. The largest absolute Gasteiger partial charge is 0.355 e. The SMILES string of the molecule is CCC(CNC(=NC)N1CCC(C)(C)C1)N1CCCC1. The van der Waals surface area contributed by atoms with Gasteiger partial charge in [0.05, 0.1) is 0 Å². The highest BCUT2D eigenvalue weighted by molar-refractivity contribution is 5.80. The fourth-order valence-electron chi connectivity index (χ4n) is 3.47. The standard InChI is InChI=1S/C16H32N4/c1-5-14(19-9-6-7-10-19)12-18-15(17-4)20-11-8-16(2,3)13-20/h14H,5-13H2,1-4H3,(H,17,18). The minimum atomic E-state index is 0.427. The summed E-state index contributed by atoms with van der Waals surface area (Å²) in [5, 5.41) is 3.61. The van der Waals surface area contributed by atoms with Crippen LogP contribution >= 0.6 is 0 Å². The van der Waals surface area contributed by atoms with Crippen LogP contribution in [0.2, 0.25) is 0 Å². The zero-order valence-corrected chi connectivity index (χ0v) is 13.8. The molecule has 0 bridgehead atoms. The molecule has 0 spiro atoms. The first-order valence-corrected chi connectivity index (χ1v) is 8.25. The predicted molar refractivity (Wildman–Crippen MR) is 86.2 cm³/mol. The number of likely N-dealkylation sites (tertiary alicyclic amines) is 2. The summed E-state index contributed by atoms with van der Waals surface area (Å²) >= 11 is 0. The smallest absolute Gasteiger partial charge is 0.193 e. The van der Waals surface area contributed by atoms with Crippen LogP contribution in [0.3, 0.4) is 0 Å². The van der Waals surface area contributed by atoms with Gasteiger partial charge < -0.3 is 10.2 Å². The number of rotatable bonds is 4. The van der Waals surface area contributed by atoms with Crippen LogP contribution in [0.1, 0.15) is 46.5 Å². The molecule has 2 aliphatic heterocycles. The molecule has 0 aliphatic carbocycles. The van der Waals surface area contributed by atoms with Crippen LogP contribution in [-0.2, 0) is 0 Å². The first-order chi connectivity index (χ1) is 9.55. The molecular formula is C16H32N4. The summed E-state index contributed by atoms with van der Waals surface area (Å²) in [7, 11) is 1.91. The van der Waals surface area contributed by atoms with E-state index in [0.717, 1.165) is 25.6 Å². The van der Waals surface area contributed by atoms with E-state index in [4.69, 9.17) is 0 Å². The molecule has 1 atom stereocenters. The number of guanidine groups is 1. The molecule has 116 valence electrons. The van der Waals surface area contributed by atoms with Crippen LogP contribution in [0.15, 0.2) is 4.99 Å². The Morgan fingerprint density at radius 3 is 2.45 bits per heavy atom. The molecule has 0 aromatic heterocycles. The lowest BCUT2D eigenvalue weighted by molar-refractivity contribution is 0.234. The first-order valence-electron chi connectivity index (χ1n) is 8.25. The number of hydrogen-bond acceptors (Lipinski definition) is 2. The lowest BCUT2D eigenvalue weighted by atomic mass is 9.93. The lowest BCUT2D eigenvalue weighted by Gasteiger charge is -2.29. The molecule has 0 saturated carbocycles. The van der Waals surface area contributed by atoms with E-state index in [1.165, 1.54) is 38.8 Å². The van der Waals surface area contributed by atoms with Crippen molar-refractivity contribution in [3.63, 3.8) is 0 Å². The number of hydrogen-bond donors (Lipinski definition) is 1. The maximum Gasteiger partial charge on any atom is 0.193 e. The van der Waals surface area contributed by atoms with E-state index in [1.807, 2.05) is 7.05 Å². The van der Waals surface area contributed by atoms with Gasteiger partial charge >= 0.3 is 0 Å². The van der Waals surface area contributed by atoms with Crippen molar-refractivity contribution in [2.75, 3.05) is 39.8 Å². The number of aliphatic imine (C=N–C) groups is 1. The summed E-state index contributed by atoms with van der Waals surface area (Å²) in [5.41, 5.74) is 0.427. The van der Waals surface area contributed by atoms with Crippen LogP contribution in [-0.4, -0.2) is 61.6 Å². The van der Waals surface area contributed by atoms with Crippen LogP contribution in [0.5, 0.6) is 0 Å². The van der Waals surface area contributed by atoms with Crippen molar-refractivity contribution < 1.29 is 0 Å². The zero-order chi connectivity index (χ0) is 14.6. The van der Waals surface area contributed by atoms with Crippen molar-refractivity contribution in [2.45, 2.75) is 52.5 Å². The Hall–Kier alpha value is -0.770. The fourth-order valence-corrected chi connectivity index (χ4v) is 3.47. The van der Waals surface area contributed by atoms with Crippen molar-refractivity contribution in [3.05, 3.63) is 0 Å². The Kier molecular flexibility index (Phi) is 5.30. The lowest BCUT2D eigenvalue weighted by Crippen LogP contribution is -2.47. The van der Waals surface area contributed by atoms with Gasteiger partial charge in [-0.3, -0.25) is 9.89 Å². The average molecular weight is 280 g/mol. The van der Waals surface area contributed by atoms with E-state index in [0.29, 0.717) is 11.5 Å². The van der Waals surface area contributed by atoms with E-state index in [2.05, 4.69) is 40.9 Å². The van der Waals surface area contributed by atoms with Gasteiger partial charge in [-0.1, -0.05) is 20.8 Å². The average Bonchev–Trinajstić information content (AvgIpc) is 3.04. The molecule has 20 heavy (non-hydrogen) atoms. The molecule has 2 aliphatic rings. The van der Waals surface area contributed by atoms with Gasteiger partial charge in [0.2, 0.25) is 0 Å². The molecule has 2 saturated heterocycles. The molecule has 0 aromatic carbocycles. The van der Waals surface area contributed by atoms with Gasteiger partial charge in [-0.05, 0) is 44.2 Å². The Bertz CT molecular complexity index is 331. The summed E-state index contributed by atoms with van der Waals surface area (Å²) < 4.78 is 0. The Labute approximate surface area is 124 Å². The summed E-state index contributed by atoms with van der Waals surface area (Å²) in [6, 6.07) is 0.657. The normalized spacial score (nSPS) is 25.2. The van der Waals surface area contributed by atoms with Crippen molar-refractivity contribution >= 4 is 5.96 Å². The first kappa shape index (κ1) is 15.6. The molecule has 0 radical (unpaired) electrons. The Balaban J connectivity index is 1.84.